The summed E-state index contributed by atoms with van der Waals surface area (Å²) in [5.74, 6) is 0.114. The Morgan fingerprint density at radius 2 is 1.88 bits per heavy atom. The third-order valence-electron chi connectivity index (χ3n) is 6.96. The van der Waals surface area contributed by atoms with Crippen molar-refractivity contribution in [1.82, 2.24) is 24.8 Å². The van der Waals surface area contributed by atoms with E-state index >= 15 is 0 Å². The molecule has 1 aromatic carbocycles. The molecule has 0 aliphatic carbocycles. The molecule has 0 aliphatic heterocycles. The maximum absolute atomic E-state index is 12.9. The first-order valence-corrected chi connectivity index (χ1v) is 14.0. The Morgan fingerprint density at radius 3 is 2.58 bits per heavy atom. The van der Waals surface area contributed by atoms with Crippen LogP contribution in [0.3, 0.4) is 0 Å². The van der Waals surface area contributed by atoms with Crippen molar-refractivity contribution in [3.05, 3.63) is 76.0 Å². The van der Waals surface area contributed by atoms with Crippen LogP contribution < -0.4 is 28.2 Å². The van der Waals surface area contributed by atoms with Gasteiger partial charge in [0.25, 0.3) is 0 Å². The predicted octanol–water partition coefficient (Wildman–Crippen LogP) is 3.32. The largest absolute Gasteiger partial charge is 0.370 e. The number of aryl methyl sites for hydroxylation is 2. The van der Waals surface area contributed by atoms with Crippen LogP contribution in [0.1, 0.15) is 62.9 Å². The van der Waals surface area contributed by atoms with Gasteiger partial charge in [0.15, 0.2) is 5.96 Å². The average Bonchev–Trinajstić information content (AvgIpc) is 3.34. The Balaban J connectivity index is 1.52. The van der Waals surface area contributed by atoms with Crippen molar-refractivity contribution >= 4 is 17.0 Å². The van der Waals surface area contributed by atoms with E-state index in [0.29, 0.717) is 12.2 Å². The number of rotatable bonds is 13. The number of hydrogen-bond donors (Lipinski definition) is 5. The minimum Gasteiger partial charge on any atom is -0.370 e. The molecular formula is C30H41N9O. The lowest BCUT2D eigenvalue weighted by Crippen LogP contribution is -2.24. The van der Waals surface area contributed by atoms with Crippen LogP contribution in [0.4, 0.5) is 0 Å². The van der Waals surface area contributed by atoms with Crippen LogP contribution in [0.2, 0.25) is 0 Å². The summed E-state index contributed by atoms with van der Waals surface area (Å²) >= 11 is 0. The fourth-order valence-corrected chi connectivity index (χ4v) is 4.71. The van der Waals surface area contributed by atoms with E-state index in [9.17, 15) is 4.79 Å². The fraction of sp³-hybridized carbons (Fsp3) is 0.400. The van der Waals surface area contributed by atoms with Gasteiger partial charge in [-0.15, -0.1) is 0 Å². The number of fused-ring (bicyclic) bond motifs is 1. The first-order valence-electron chi connectivity index (χ1n) is 14.0. The summed E-state index contributed by atoms with van der Waals surface area (Å²) in [5, 5.41) is 4.31. The van der Waals surface area contributed by atoms with Crippen molar-refractivity contribution in [2.75, 3.05) is 13.1 Å². The van der Waals surface area contributed by atoms with Crippen LogP contribution in [-0.2, 0) is 12.8 Å². The smallest absolute Gasteiger partial charge is 0.354 e. The van der Waals surface area contributed by atoms with E-state index in [1.54, 1.807) is 4.57 Å². The second-order valence-corrected chi connectivity index (χ2v) is 10.4. The number of hydrogen-bond acceptors (Lipinski definition) is 6. The van der Waals surface area contributed by atoms with Gasteiger partial charge in [0, 0.05) is 35.9 Å². The van der Waals surface area contributed by atoms with E-state index in [2.05, 4.69) is 46.3 Å². The summed E-state index contributed by atoms with van der Waals surface area (Å²) < 4.78 is 1.58. The highest BCUT2D eigenvalue weighted by Gasteiger charge is 2.12. The fourth-order valence-electron chi connectivity index (χ4n) is 4.71. The molecule has 2 atom stereocenters. The number of H-pyrrole nitrogens is 1. The van der Waals surface area contributed by atoms with Crippen LogP contribution in [0.15, 0.2) is 58.4 Å². The van der Waals surface area contributed by atoms with Crippen molar-refractivity contribution < 1.29 is 0 Å². The summed E-state index contributed by atoms with van der Waals surface area (Å²) in [6.45, 7) is 7.63. The number of pyridine rings is 1. The summed E-state index contributed by atoms with van der Waals surface area (Å²) in [7, 11) is 0. The first kappa shape index (κ1) is 29.0. The molecule has 3 aromatic heterocycles. The van der Waals surface area contributed by atoms with E-state index in [4.69, 9.17) is 22.2 Å². The Bertz CT molecular complexity index is 1500. The number of benzene rings is 1. The van der Waals surface area contributed by atoms with Crippen molar-refractivity contribution in [3.8, 4) is 17.1 Å². The molecule has 0 unspecified atom stereocenters. The second kappa shape index (κ2) is 13.4. The Labute approximate surface area is 235 Å². The zero-order chi connectivity index (χ0) is 28.6. The van der Waals surface area contributed by atoms with Gasteiger partial charge in [-0.25, -0.2) is 4.79 Å². The van der Waals surface area contributed by atoms with Crippen LogP contribution in [-0.4, -0.2) is 44.6 Å². The molecule has 8 N–H and O–H groups in total. The molecule has 0 saturated heterocycles. The van der Waals surface area contributed by atoms with Crippen LogP contribution in [0, 0.1) is 0 Å². The quantitative estimate of drug-likeness (QED) is 0.0979. The topological polar surface area (TPSA) is 166 Å². The molecule has 4 rings (SSSR count). The summed E-state index contributed by atoms with van der Waals surface area (Å²) in [6.07, 6.45) is 6.49. The second-order valence-electron chi connectivity index (χ2n) is 10.4. The maximum Gasteiger partial charge on any atom is 0.354 e. The highest BCUT2D eigenvalue weighted by Crippen LogP contribution is 2.24. The van der Waals surface area contributed by atoms with Gasteiger partial charge in [0.2, 0.25) is 0 Å². The van der Waals surface area contributed by atoms with Gasteiger partial charge in [-0.2, -0.15) is 4.98 Å². The molecular weight excluding hydrogens is 502 g/mol. The molecule has 0 saturated carbocycles. The average molecular weight is 544 g/mol. The molecule has 0 fully saturated rings. The van der Waals surface area contributed by atoms with E-state index in [-0.39, 0.29) is 23.7 Å². The zero-order valence-corrected chi connectivity index (χ0v) is 23.7. The van der Waals surface area contributed by atoms with Gasteiger partial charge < -0.3 is 27.5 Å². The first-order chi connectivity index (χ1) is 19.2. The minimum atomic E-state index is -0.341. The molecule has 0 aliphatic rings. The van der Waals surface area contributed by atoms with Gasteiger partial charge in [0.1, 0.15) is 5.65 Å². The van der Waals surface area contributed by atoms with Crippen molar-refractivity contribution in [3.63, 3.8) is 0 Å². The third-order valence-corrected chi connectivity index (χ3v) is 6.96. The van der Waals surface area contributed by atoms with E-state index in [0.717, 1.165) is 72.4 Å². The minimum absolute atomic E-state index is 0.114. The monoisotopic (exact) mass is 543 g/mol. The number of aromatic nitrogens is 4. The van der Waals surface area contributed by atoms with Gasteiger partial charge in [-0.3, -0.25) is 14.5 Å². The van der Waals surface area contributed by atoms with Gasteiger partial charge in [-0.1, -0.05) is 19.1 Å². The third kappa shape index (κ3) is 7.55. The summed E-state index contributed by atoms with van der Waals surface area (Å²) in [5.41, 5.74) is 22.7. The molecule has 0 amide bonds. The van der Waals surface area contributed by atoms with Gasteiger partial charge in [0.05, 0.1) is 17.1 Å². The number of aliphatic imine (C=N–C) groups is 1. The molecule has 40 heavy (non-hydrogen) atoms. The molecule has 0 spiro atoms. The lowest BCUT2D eigenvalue weighted by Gasteiger charge is -2.15. The van der Waals surface area contributed by atoms with Crippen molar-refractivity contribution in [2.24, 2.45) is 22.2 Å². The van der Waals surface area contributed by atoms with Gasteiger partial charge >= 0.3 is 5.69 Å². The van der Waals surface area contributed by atoms with E-state index < -0.39 is 0 Å². The van der Waals surface area contributed by atoms with E-state index in [1.165, 1.54) is 5.56 Å². The number of nitrogens with zero attached hydrogens (tertiary/aromatic N) is 4. The van der Waals surface area contributed by atoms with Crippen LogP contribution in [0.25, 0.3) is 28.1 Å². The standard InChI is InChI=1S/C30H41N9O/c1-4-24-15-21(8-5-7-19(2)31)16-26(36-24)27-17-23-18-39(30(40)38-28(23)37-27)25-11-9-22(10-12-25)20(3)34-13-6-14-35-29(32)33/h9-12,15-20,34H,4-8,13-14,31H2,1-3H3,(H4,32,33,35)(H,37,38,40)/t19-,20-/m0/s1. The maximum atomic E-state index is 12.9. The molecule has 0 radical (unpaired) electrons. The molecule has 10 nitrogen and oxygen atoms in total. The number of aromatic amines is 1. The van der Waals surface area contributed by atoms with E-state index in [1.807, 2.05) is 43.5 Å². The van der Waals surface area contributed by atoms with Crippen molar-refractivity contribution in [1.29, 1.82) is 0 Å². The lowest BCUT2D eigenvalue weighted by molar-refractivity contribution is 0.562. The Hall–Kier alpha value is -4.02. The highest BCUT2D eigenvalue weighted by atomic mass is 16.1. The predicted molar refractivity (Wildman–Crippen MR) is 163 cm³/mol. The number of nitrogens with two attached hydrogens (primary N) is 3. The van der Waals surface area contributed by atoms with Gasteiger partial charge in [-0.05, 0) is 94.0 Å². The van der Waals surface area contributed by atoms with Crippen molar-refractivity contribution in [2.45, 2.75) is 65.0 Å². The zero-order valence-electron chi connectivity index (χ0n) is 23.7. The summed E-state index contributed by atoms with van der Waals surface area (Å²) in [4.78, 5) is 29.4. The molecule has 0 bridgehead atoms. The molecule has 10 heteroatoms. The molecule has 212 valence electrons. The SMILES string of the molecule is CCc1cc(CCC[C@H](C)N)cc(-c2cc3cn(-c4ccc([C@H](C)NCCCN=C(N)N)cc4)c(=O)nc3[nH]2)n1. The van der Waals surface area contributed by atoms with Crippen LogP contribution >= 0.6 is 0 Å². The molecule has 4 aromatic rings. The number of guanidine groups is 1. The highest BCUT2D eigenvalue weighted by molar-refractivity contribution is 5.81. The van der Waals surface area contributed by atoms with Crippen LogP contribution in [0.5, 0.6) is 0 Å². The normalized spacial score (nSPS) is 12.9. The Kier molecular flexibility index (Phi) is 9.68. The lowest BCUT2D eigenvalue weighted by atomic mass is 10.0. The summed E-state index contributed by atoms with van der Waals surface area (Å²) in [6, 6.07) is 14.6. The Morgan fingerprint density at radius 1 is 1.10 bits per heavy atom. The number of nitrogens with one attached hydrogen (secondary N) is 2. The molecule has 3 heterocycles.